The van der Waals surface area contributed by atoms with Gasteiger partial charge in [0.15, 0.2) is 6.39 Å². The maximum atomic E-state index is 5.80. The lowest BCUT2D eigenvalue weighted by molar-refractivity contribution is 0.00168. The minimum Gasteiger partial charge on any atom is -0.448 e. The zero-order chi connectivity index (χ0) is 9.60. The number of halogens is 1. The molecule has 1 aromatic heterocycles. The van der Waals surface area contributed by atoms with Crippen molar-refractivity contribution in [1.82, 2.24) is 4.98 Å². The van der Waals surface area contributed by atoms with Crippen molar-refractivity contribution in [3.8, 4) is 0 Å². The topological polar surface area (TPSA) is 26.0 Å². The Labute approximate surface area is 88.7 Å². The second kappa shape index (κ2) is 2.99. The Hall–Kier alpha value is -0.500. The van der Waals surface area contributed by atoms with Crippen LogP contribution in [0.2, 0.25) is 0 Å². The Kier molecular flexibility index (Phi) is 1.88. The smallest absolute Gasteiger partial charge is 0.181 e. The second-order valence-electron chi connectivity index (χ2n) is 4.76. The van der Waals surface area contributed by atoms with E-state index in [0.29, 0.717) is 17.2 Å². The number of rotatable bonds is 2. The summed E-state index contributed by atoms with van der Waals surface area (Å²) in [7, 11) is 0. The van der Waals surface area contributed by atoms with Gasteiger partial charge in [0.25, 0.3) is 0 Å². The first kappa shape index (κ1) is 8.78. The monoisotopic (exact) mass is 211 g/mol. The fraction of sp³-hybridized carbons (Fsp3) is 0.727. The van der Waals surface area contributed by atoms with Gasteiger partial charge in [-0.3, -0.25) is 0 Å². The zero-order valence-electron chi connectivity index (χ0n) is 8.13. The number of nitrogens with zero attached hydrogens (tertiary/aromatic N) is 1. The van der Waals surface area contributed by atoms with Crippen LogP contribution >= 0.6 is 11.6 Å². The van der Waals surface area contributed by atoms with E-state index in [1.165, 1.54) is 38.5 Å². The standard InChI is InChI=1S/C11H14ClNO/c12-6-9-10(14-7-13-9)8-4-11(5-8)2-1-3-11/h7-8H,1-6H2. The molecule has 1 heterocycles. The van der Waals surface area contributed by atoms with Crippen LogP contribution in [0.3, 0.4) is 0 Å². The van der Waals surface area contributed by atoms with Crippen LogP contribution in [0, 0.1) is 5.41 Å². The van der Waals surface area contributed by atoms with Crippen molar-refractivity contribution in [2.45, 2.75) is 43.9 Å². The Morgan fingerprint density at radius 2 is 2.29 bits per heavy atom. The summed E-state index contributed by atoms with van der Waals surface area (Å²) in [6, 6.07) is 0. The molecule has 2 nitrogen and oxygen atoms in total. The van der Waals surface area contributed by atoms with Crippen LogP contribution in [0.1, 0.15) is 49.5 Å². The highest BCUT2D eigenvalue weighted by Crippen LogP contribution is 2.62. The minimum absolute atomic E-state index is 0.481. The fourth-order valence-electron chi connectivity index (χ4n) is 2.97. The maximum Gasteiger partial charge on any atom is 0.181 e. The summed E-state index contributed by atoms with van der Waals surface area (Å²) in [5.74, 6) is 2.14. The highest BCUT2D eigenvalue weighted by molar-refractivity contribution is 6.16. The molecule has 1 aromatic rings. The lowest BCUT2D eigenvalue weighted by Gasteiger charge is -2.53. The molecular weight excluding hydrogens is 198 g/mol. The molecule has 0 atom stereocenters. The van der Waals surface area contributed by atoms with Gasteiger partial charge < -0.3 is 4.42 Å². The summed E-state index contributed by atoms with van der Waals surface area (Å²) in [4.78, 5) is 4.13. The van der Waals surface area contributed by atoms with Crippen LogP contribution < -0.4 is 0 Å². The molecular formula is C11H14ClNO. The molecule has 76 valence electrons. The molecule has 0 saturated heterocycles. The Morgan fingerprint density at radius 1 is 1.50 bits per heavy atom. The van der Waals surface area contributed by atoms with Crippen LogP contribution in [-0.4, -0.2) is 4.98 Å². The molecule has 0 amide bonds. The largest absolute Gasteiger partial charge is 0.448 e. The molecule has 2 aliphatic rings. The molecule has 14 heavy (non-hydrogen) atoms. The Balaban J connectivity index is 1.73. The lowest BCUT2D eigenvalue weighted by atomic mass is 9.51. The van der Waals surface area contributed by atoms with E-state index in [1.54, 1.807) is 0 Å². The Bertz CT molecular complexity index is 335. The quantitative estimate of drug-likeness (QED) is 0.701. The summed E-state index contributed by atoms with van der Waals surface area (Å²) in [6.07, 6.45) is 8.39. The normalized spacial score (nSPS) is 24.6. The van der Waals surface area contributed by atoms with Crippen molar-refractivity contribution in [1.29, 1.82) is 0 Å². The molecule has 2 saturated carbocycles. The summed E-state index contributed by atoms with van der Waals surface area (Å²) in [5, 5.41) is 0. The van der Waals surface area contributed by atoms with Crippen molar-refractivity contribution in [3.05, 3.63) is 17.8 Å². The van der Waals surface area contributed by atoms with Crippen molar-refractivity contribution in [2.24, 2.45) is 5.41 Å². The van der Waals surface area contributed by atoms with Gasteiger partial charge in [0.05, 0.1) is 11.6 Å². The molecule has 0 aromatic carbocycles. The molecule has 0 unspecified atom stereocenters. The van der Waals surface area contributed by atoms with Gasteiger partial charge in [-0.2, -0.15) is 0 Å². The van der Waals surface area contributed by atoms with E-state index in [2.05, 4.69) is 4.98 Å². The van der Waals surface area contributed by atoms with Gasteiger partial charge >= 0.3 is 0 Å². The molecule has 3 rings (SSSR count). The van der Waals surface area contributed by atoms with E-state index >= 15 is 0 Å². The molecule has 0 aliphatic heterocycles. The van der Waals surface area contributed by atoms with Crippen molar-refractivity contribution >= 4 is 11.6 Å². The number of aromatic nitrogens is 1. The average molecular weight is 212 g/mol. The van der Waals surface area contributed by atoms with Crippen molar-refractivity contribution < 1.29 is 4.42 Å². The predicted molar refractivity (Wildman–Crippen MR) is 54.3 cm³/mol. The van der Waals surface area contributed by atoms with Crippen LogP contribution in [-0.2, 0) is 5.88 Å². The first-order chi connectivity index (χ1) is 6.83. The van der Waals surface area contributed by atoms with E-state index in [-0.39, 0.29) is 0 Å². The second-order valence-corrected chi connectivity index (χ2v) is 5.02. The van der Waals surface area contributed by atoms with E-state index in [1.807, 2.05) is 0 Å². The molecule has 0 bridgehead atoms. The number of hydrogen-bond donors (Lipinski definition) is 0. The van der Waals surface area contributed by atoms with Crippen molar-refractivity contribution in [3.63, 3.8) is 0 Å². The summed E-state index contributed by atoms with van der Waals surface area (Å²) in [5.41, 5.74) is 1.65. The van der Waals surface area contributed by atoms with E-state index in [0.717, 1.165) is 11.5 Å². The number of oxazole rings is 1. The van der Waals surface area contributed by atoms with Gasteiger partial charge in [-0.25, -0.2) is 4.98 Å². The molecule has 3 heteroatoms. The van der Waals surface area contributed by atoms with Gasteiger partial charge in [0, 0.05) is 5.92 Å². The molecule has 2 fully saturated rings. The number of alkyl halides is 1. The molecule has 0 N–H and O–H groups in total. The molecule has 0 radical (unpaired) electrons. The van der Waals surface area contributed by atoms with Gasteiger partial charge in [-0.1, -0.05) is 6.42 Å². The van der Waals surface area contributed by atoms with E-state index in [9.17, 15) is 0 Å². The van der Waals surface area contributed by atoms with Gasteiger partial charge in [-0.05, 0) is 31.1 Å². The van der Waals surface area contributed by atoms with E-state index in [4.69, 9.17) is 16.0 Å². The minimum atomic E-state index is 0.481. The zero-order valence-corrected chi connectivity index (χ0v) is 8.89. The van der Waals surface area contributed by atoms with Crippen molar-refractivity contribution in [2.75, 3.05) is 0 Å². The fourth-order valence-corrected chi connectivity index (χ4v) is 3.17. The lowest BCUT2D eigenvalue weighted by Crippen LogP contribution is -2.41. The predicted octanol–water partition coefficient (Wildman–Crippen LogP) is 3.46. The molecule has 1 spiro atoms. The third-order valence-corrected chi connectivity index (χ3v) is 4.20. The SMILES string of the molecule is ClCc1ncoc1C1CC2(CCC2)C1. The number of hydrogen-bond acceptors (Lipinski definition) is 2. The molecule has 2 aliphatic carbocycles. The van der Waals surface area contributed by atoms with E-state index < -0.39 is 0 Å². The third-order valence-electron chi connectivity index (χ3n) is 3.94. The van der Waals surface area contributed by atoms with Crippen LogP contribution in [0.15, 0.2) is 10.8 Å². The van der Waals surface area contributed by atoms with Gasteiger partial charge in [0.2, 0.25) is 0 Å². The average Bonchev–Trinajstić information content (AvgIpc) is 2.47. The first-order valence-electron chi connectivity index (χ1n) is 5.31. The first-order valence-corrected chi connectivity index (χ1v) is 5.85. The highest BCUT2D eigenvalue weighted by atomic mass is 35.5. The van der Waals surface area contributed by atoms with Gasteiger partial charge in [-0.15, -0.1) is 11.6 Å². The summed E-state index contributed by atoms with van der Waals surface area (Å²) in [6.45, 7) is 0. The van der Waals surface area contributed by atoms with Crippen LogP contribution in [0.25, 0.3) is 0 Å². The van der Waals surface area contributed by atoms with Gasteiger partial charge in [0.1, 0.15) is 5.76 Å². The highest BCUT2D eigenvalue weighted by Gasteiger charge is 2.50. The maximum absolute atomic E-state index is 5.80. The van der Waals surface area contributed by atoms with Crippen LogP contribution in [0.5, 0.6) is 0 Å². The Morgan fingerprint density at radius 3 is 2.86 bits per heavy atom. The summed E-state index contributed by atoms with van der Waals surface area (Å²) < 4.78 is 5.43. The summed E-state index contributed by atoms with van der Waals surface area (Å²) >= 11 is 5.80. The third kappa shape index (κ3) is 1.13. The van der Waals surface area contributed by atoms with Crippen LogP contribution in [0.4, 0.5) is 0 Å².